The van der Waals surface area contributed by atoms with E-state index < -0.39 is 0 Å². The molecule has 18 heavy (non-hydrogen) atoms. The first kappa shape index (κ1) is 10.8. The lowest BCUT2D eigenvalue weighted by Gasteiger charge is -2.60. The van der Waals surface area contributed by atoms with E-state index in [1.807, 2.05) is 0 Å². The Hall–Kier alpha value is -1.11. The molecule has 1 heteroatoms. The van der Waals surface area contributed by atoms with Crippen LogP contribution in [0.3, 0.4) is 0 Å². The normalized spacial score (nSPS) is 45.1. The first-order valence-corrected chi connectivity index (χ1v) is 7.26. The zero-order chi connectivity index (χ0) is 12.2. The van der Waals surface area contributed by atoms with Gasteiger partial charge in [0.25, 0.3) is 0 Å². The zero-order valence-corrected chi connectivity index (χ0v) is 10.8. The molecule has 1 nitrogen and oxygen atoms in total. The van der Waals surface area contributed by atoms with Crippen molar-refractivity contribution in [1.29, 1.82) is 0 Å². The SMILES string of the molecule is O=CC12CC3CC(C1)CC(c1ccccc1)(C3)C2. The fraction of sp³-hybridized carbons (Fsp3) is 0.588. The quantitative estimate of drug-likeness (QED) is 0.720. The summed E-state index contributed by atoms with van der Waals surface area (Å²) >= 11 is 0. The van der Waals surface area contributed by atoms with E-state index in [-0.39, 0.29) is 5.41 Å². The van der Waals surface area contributed by atoms with E-state index in [0.717, 1.165) is 18.3 Å². The van der Waals surface area contributed by atoms with E-state index in [0.29, 0.717) is 5.41 Å². The average molecular weight is 240 g/mol. The molecule has 2 atom stereocenters. The minimum Gasteiger partial charge on any atom is -0.303 e. The van der Waals surface area contributed by atoms with Gasteiger partial charge in [0.1, 0.15) is 6.29 Å². The van der Waals surface area contributed by atoms with Crippen LogP contribution in [0, 0.1) is 17.3 Å². The highest BCUT2D eigenvalue weighted by Crippen LogP contribution is 2.64. The largest absolute Gasteiger partial charge is 0.303 e. The van der Waals surface area contributed by atoms with Crippen LogP contribution in [0.15, 0.2) is 30.3 Å². The molecule has 1 aromatic carbocycles. The van der Waals surface area contributed by atoms with Gasteiger partial charge >= 0.3 is 0 Å². The molecular weight excluding hydrogens is 220 g/mol. The second-order valence-corrected chi connectivity index (χ2v) is 7.09. The number of benzene rings is 1. The van der Waals surface area contributed by atoms with Crippen molar-refractivity contribution in [1.82, 2.24) is 0 Å². The van der Waals surface area contributed by atoms with Gasteiger partial charge in [-0.2, -0.15) is 0 Å². The van der Waals surface area contributed by atoms with Crippen LogP contribution in [-0.4, -0.2) is 6.29 Å². The molecule has 0 spiro atoms. The van der Waals surface area contributed by atoms with Gasteiger partial charge in [0.15, 0.2) is 0 Å². The molecular formula is C17H20O. The van der Waals surface area contributed by atoms with E-state index in [2.05, 4.69) is 30.3 Å². The summed E-state index contributed by atoms with van der Waals surface area (Å²) in [5.74, 6) is 1.60. The lowest BCUT2D eigenvalue weighted by molar-refractivity contribution is -0.133. The lowest BCUT2D eigenvalue weighted by Crippen LogP contribution is -2.54. The van der Waals surface area contributed by atoms with Crippen molar-refractivity contribution >= 4 is 6.29 Å². The maximum Gasteiger partial charge on any atom is 0.126 e. The number of rotatable bonds is 2. The van der Waals surface area contributed by atoms with Crippen molar-refractivity contribution in [2.45, 2.75) is 43.9 Å². The van der Waals surface area contributed by atoms with Gasteiger partial charge in [0.05, 0.1) is 0 Å². The number of hydrogen-bond acceptors (Lipinski definition) is 1. The Morgan fingerprint density at radius 3 is 2.28 bits per heavy atom. The zero-order valence-electron chi connectivity index (χ0n) is 10.8. The Kier molecular flexibility index (Phi) is 2.07. The van der Waals surface area contributed by atoms with Crippen LogP contribution in [0.1, 0.15) is 44.1 Å². The van der Waals surface area contributed by atoms with E-state index >= 15 is 0 Å². The molecule has 0 radical (unpaired) electrons. The van der Waals surface area contributed by atoms with Crippen molar-refractivity contribution in [2.75, 3.05) is 0 Å². The Balaban J connectivity index is 1.80. The van der Waals surface area contributed by atoms with Crippen LogP contribution in [0.4, 0.5) is 0 Å². The molecule has 1 aromatic rings. The van der Waals surface area contributed by atoms with Gasteiger partial charge in [-0.05, 0) is 61.3 Å². The van der Waals surface area contributed by atoms with Gasteiger partial charge in [0.2, 0.25) is 0 Å². The lowest BCUT2D eigenvalue weighted by atomic mass is 9.43. The van der Waals surface area contributed by atoms with Crippen LogP contribution >= 0.6 is 0 Å². The molecule has 94 valence electrons. The highest BCUT2D eigenvalue weighted by molar-refractivity contribution is 5.61. The summed E-state index contributed by atoms with van der Waals surface area (Å²) in [5.41, 5.74) is 1.84. The summed E-state index contributed by atoms with van der Waals surface area (Å²) < 4.78 is 0. The van der Waals surface area contributed by atoms with E-state index in [1.54, 1.807) is 0 Å². The standard InChI is InChI=1S/C17H20O/c18-12-16-7-13-6-14(8-16)10-17(9-13,11-16)15-4-2-1-3-5-15/h1-5,12-14H,6-11H2. The van der Waals surface area contributed by atoms with Gasteiger partial charge in [-0.25, -0.2) is 0 Å². The Morgan fingerprint density at radius 2 is 1.67 bits per heavy atom. The summed E-state index contributed by atoms with van der Waals surface area (Å²) in [4.78, 5) is 11.6. The first-order valence-electron chi connectivity index (χ1n) is 7.26. The maximum absolute atomic E-state index is 11.6. The highest BCUT2D eigenvalue weighted by atomic mass is 16.1. The molecule has 4 bridgehead atoms. The molecule has 5 rings (SSSR count). The summed E-state index contributed by atoms with van der Waals surface area (Å²) in [6.07, 6.45) is 8.78. The topological polar surface area (TPSA) is 17.1 Å². The van der Waals surface area contributed by atoms with Gasteiger partial charge in [-0.15, -0.1) is 0 Å². The third-order valence-corrected chi connectivity index (χ3v) is 5.74. The summed E-state index contributed by atoms with van der Waals surface area (Å²) in [7, 11) is 0. The summed E-state index contributed by atoms with van der Waals surface area (Å²) in [6.45, 7) is 0. The summed E-state index contributed by atoms with van der Waals surface area (Å²) in [5, 5.41) is 0. The van der Waals surface area contributed by atoms with Crippen molar-refractivity contribution in [3.8, 4) is 0 Å². The highest BCUT2D eigenvalue weighted by Gasteiger charge is 2.58. The average Bonchev–Trinajstić information content (AvgIpc) is 2.38. The monoisotopic (exact) mass is 240 g/mol. The van der Waals surface area contributed by atoms with E-state index in [4.69, 9.17) is 0 Å². The molecule has 0 amide bonds. The van der Waals surface area contributed by atoms with Crippen molar-refractivity contribution in [2.24, 2.45) is 17.3 Å². The fourth-order valence-electron chi connectivity index (χ4n) is 5.60. The predicted molar refractivity (Wildman–Crippen MR) is 71.3 cm³/mol. The third-order valence-electron chi connectivity index (χ3n) is 5.74. The van der Waals surface area contributed by atoms with E-state index in [1.165, 1.54) is 44.0 Å². The van der Waals surface area contributed by atoms with Gasteiger partial charge in [0, 0.05) is 5.41 Å². The van der Waals surface area contributed by atoms with Crippen molar-refractivity contribution < 1.29 is 4.79 Å². The number of carbonyl (C=O) groups excluding carboxylic acids is 1. The van der Waals surface area contributed by atoms with Gasteiger partial charge < -0.3 is 4.79 Å². The Labute approximate surface area is 109 Å². The van der Waals surface area contributed by atoms with Gasteiger partial charge in [-0.1, -0.05) is 30.3 Å². The smallest absolute Gasteiger partial charge is 0.126 e. The van der Waals surface area contributed by atoms with Crippen molar-refractivity contribution in [3.05, 3.63) is 35.9 Å². The molecule has 0 aliphatic heterocycles. The molecule has 4 aliphatic carbocycles. The van der Waals surface area contributed by atoms with Crippen molar-refractivity contribution in [3.63, 3.8) is 0 Å². The third kappa shape index (κ3) is 1.36. The van der Waals surface area contributed by atoms with Gasteiger partial charge in [-0.3, -0.25) is 0 Å². The van der Waals surface area contributed by atoms with E-state index in [9.17, 15) is 4.79 Å². The van der Waals surface area contributed by atoms with Crippen LogP contribution in [0.5, 0.6) is 0 Å². The van der Waals surface area contributed by atoms with Crippen LogP contribution in [0.2, 0.25) is 0 Å². The second kappa shape index (κ2) is 3.46. The molecule has 2 unspecified atom stereocenters. The molecule has 4 aliphatic rings. The molecule has 0 N–H and O–H groups in total. The minimum absolute atomic E-state index is 0.0277. The number of carbonyl (C=O) groups is 1. The van der Waals surface area contributed by atoms with Crippen LogP contribution in [-0.2, 0) is 10.2 Å². The number of aldehydes is 1. The molecule has 4 saturated carbocycles. The Morgan fingerprint density at radius 1 is 1.00 bits per heavy atom. The van der Waals surface area contributed by atoms with Crippen LogP contribution < -0.4 is 0 Å². The molecule has 0 heterocycles. The van der Waals surface area contributed by atoms with Crippen LogP contribution in [0.25, 0.3) is 0 Å². The molecule has 0 aromatic heterocycles. The first-order chi connectivity index (χ1) is 8.74. The Bertz CT molecular complexity index is 462. The predicted octanol–water partition coefficient (Wildman–Crippen LogP) is 3.72. The second-order valence-electron chi connectivity index (χ2n) is 7.09. The number of hydrogen-bond donors (Lipinski definition) is 0. The minimum atomic E-state index is 0.0277. The molecule has 4 fully saturated rings. The molecule has 0 saturated heterocycles. The summed E-state index contributed by atoms with van der Waals surface area (Å²) in [6, 6.07) is 11.0. The maximum atomic E-state index is 11.6. The fourth-order valence-corrected chi connectivity index (χ4v) is 5.60.